The van der Waals surface area contributed by atoms with Gasteiger partial charge in [-0.15, -0.1) is 0 Å². The lowest BCUT2D eigenvalue weighted by atomic mass is 10.0. The zero-order chi connectivity index (χ0) is 16.4. The monoisotopic (exact) mass is 327 g/mol. The first-order chi connectivity index (χ1) is 11.1. The van der Waals surface area contributed by atoms with Crippen molar-refractivity contribution in [1.82, 2.24) is 10.2 Å². The van der Waals surface area contributed by atoms with Crippen LogP contribution in [0, 0.1) is 11.3 Å². The molecule has 2 heterocycles. The summed E-state index contributed by atoms with van der Waals surface area (Å²) in [6.07, 6.45) is 3.28. The Hall–Kier alpha value is -2.58. The number of hydrogen-bond donors (Lipinski definition) is 1. The van der Waals surface area contributed by atoms with Gasteiger partial charge in [0, 0.05) is 29.8 Å². The second-order valence-corrected chi connectivity index (χ2v) is 5.85. The predicted molar refractivity (Wildman–Crippen MR) is 85.5 cm³/mol. The smallest absolute Gasteiger partial charge is 0.258 e. The Kier molecular flexibility index (Phi) is 4.18. The summed E-state index contributed by atoms with van der Waals surface area (Å²) in [5.41, 5.74) is 0.773. The fourth-order valence-corrected chi connectivity index (χ4v) is 2.86. The van der Waals surface area contributed by atoms with Crippen molar-refractivity contribution in [3.05, 3.63) is 57.9 Å². The Labute approximate surface area is 138 Å². The van der Waals surface area contributed by atoms with Gasteiger partial charge in [-0.2, -0.15) is 5.26 Å². The van der Waals surface area contributed by atoms with E-state index in [1.54, 1.807) is 24.3 Å². The fraction of sp³-hybridized carbons (Fsp3) is 0.235. The van der Waals surface area contributed by atoms with Crippen molar-refractivity contribution >= 4 is 23.3 Å². The molecule has 6 heteroatoms. The average molecular weight is 328 g/mol. The summed E-state index contributed by atoms with van der Waals surface area (Å²) >= 11 is 5.80. The molecule has 0 aliphatic carbocycles. The molecule has 2 aliphatic heterocycles. The number of rotatable bonds is 3. The molecule has 116 valence electrons. The van der Waals surface area contributed by atoms with Gasteiger partial charge in [0.15, 0.2) is 5.78 Å². The fourth-order valence-electron chi connectivity index (χ4n) is 2.74. The average Bonchev–Trinajstić information content (AvgIpc) is 3.16. The molecule has 23 heavy (non-hydrogen) atoms. The minimum atomic E-state index is -0.411. The van der Waals surface area contributed by atoms with Crippen LogP contribution in [-0.4, -0.2) is 29.7 Å². The molecular formula is C17H14ClN3O2. The van der Waals surface area contributed by atoms with Crippen LogP contribution in [0.25, 0.3) is 0 Å². The van der Waals surface area contributed by atoms with Gasteiger partial charge >= 0.3 is 0 Å². The maximum Gasteiger partial charge on any atom is 0.258 e. The first-order valence-corrected chi connectivity index (χ1v) is 7.70. The number of nitrogens with zero attached hydrogens (tertiary/aromatic N) is 2. The first-order valence-electron chi connectivity index (χ1n) is 7.33. The molecule has 1 fully saturated rings. The Bertz CT molecular complexity index is 766. The molecule has 0 bridgehead atoms. The van der Waals surface area contributed by atoms with Gasteiger partial charge in [-0.1, -0.05) is 11.6 Å². The van der Waals surface area contributed by atoms with E-state index in [2.05, 4.69) is 11.4 Å². The van der Waals surface area contributed by atoms with E-state index >= 15 is 0 Å². The van der Waals surface area contributed by atoms with Gasteiger partial charge in [0.2, 0.25) is 0 Å². The summed E-state index contributed by atoms with van der Waals surface area (Å²) in [6, 6.07) is 8.45. The van der Waals surface area contributed by atoms with Gasteiger partial charge in [0.25, 0.3) is 5.91 Å². The molecule has 1 aromatic rings. The number of carbonyl (C=O) groups is 2. The number of nitrogens with one attached hydrogen (secondary N) is 1. The van der Waals surface area contributed by atoms with Crippen molar-refractivity contribution < 1.29 is 9.59 Å². The molecule has 2 aliphatic rings. The Morgan fingerprint density at radius 2 is 1.91 bits per heavy atom. The van der Waals surface area contributed by atoms with E-state index in [0.717, 1.165) is 25.9 Å². The number of hydrogen-bond acceptors (Lipinski definition) is 4. The van der Waals surface area contributed by atoms with Crippen molar-refractivity contribution in [3.8, 4) is 6.07 Å². The molecule has 3 rings (SSSR count). The predicted octanol–water partition coefficient (Wildman–Crippen LogP) is 2.41. The summed E-state index contributed by atoms with van der Waals surface area (Å²) in [6.45, 7) is 1.61. The highest BCUT2D eigenvalue weighted by Crippen LogP contribution is 2.26. The van der Waals surface area contributed by atoms with Crippen molar-refractivity contribution in [3.63, 3.8) is 0 Å². The van der Waals surface area contributed by atoms with Crippen LogP contribution in [0.5, 0.6) is 0 Å². The van der Waals surface area contributed by atoms with Crippen LogP contribution in [0.15, 0.2) is 47.3 Å². The van der Waals surface area contributed by atoms with Crippen LogP contribution >= 0.6 is 11.6 Å². The summed E-state index contributed by atoms with van der Waals surface area (Å²) in [4.78, 5) is 26.4. The van der Waals surface area contributed by atoms with Gasteiger partial charge < -0.3 is 10.2 Å². The van der Waals surface area contributed by atoms with Gasteiger partial charge in [0.1, 0.15) is 17.5 Å². The molecule has 0 unspecified atom stereocenters. The van der Waals surface area contributed by atoms with Crippen LogP contribution in [0.2, 0.25) is 5.02 Å². The molecule has 1 saturated heterocycles. The SMILES string of the molecule is N#CC1=C(N2CCCC2)NC(=O)/C1=C/C(=O)c1ccc(Cl)cc1. The summed E-state index contributed by atoms with van der Waals surface area (Å²) in [5, 5.41) is 12.7. The summed E-state index contributed by atoms with van der Waals surface area (Å²) in [5.74, 6) is -0.224. The highest BCUT2D eigenvalue weighted by molar-refractivity contribution is 6.30. The molecular weight excluding hydrogens is 314 g/mol. The Balaban J connectivity index is 1.94. The van der Waals surface area contributed by atoms with E-state index < -0.39 is 5.91 Å². The van der Waals surface area contributed by atoms with Gasteiger partial charge in [0.05, 0.1) is 5.57 Å². The van der Waals surface area contributed by atoms with E-state index in [0.29, 0.717) is 16.4 Å². The zero-order valence-corrected chi connectivity index (χ0v) is 13.1. The van der Waals surface area contributed by atoms with Crippen LogP contribution < -0.4 is 5.32 Å². The van der Waals surface area contributed by atoms with Gasteiger partial charge in [-0.3, -0.25) is 9.59 Å². The third kappa shape index (κ3) is 2.99. The second kappa shape index (κ2) is 6.27. The molecule has 5 nitrogen and oxygen atoms in total. The van der Waals surface area contributed by atoms with E-state index in [-0.39, 0.29) is 16.9 Å². The van der Waals surface area contributed by atoms with Crippen molar-refractivity contribution in [2.45, 2.75) is 12.8 Å². The van der Waals surface area contributed by atoms with Crippen molar-refractivity contribution in [2.75, 3.05) is 13.1 Å². The van der Waals surface area contributed by atoms with Crippen LogP contribution in [-0.2, 0) is 4.79 Å². The standard InChI is InChI=1S/C17H14ClN3O2/c18-12-5-3-11(4-6-12)15(22)9-13-14(10-19)16(20-17(13)23)21-7-1-2-8-21/h3-6,9H,1-2,7-8H2,(H,20,23)/b13-9+. The van der Waals surface area contributed by atoms with E-state index in [4.69, 9.17) is 11.6 Å². The van der Waals surface area contributed by atoms with Gasteiger partial charge in [-0.05, 0) is 37.1 Å². The number of nitriles is 1. The molecule has 0 spiro atoms. The quantitative estimate of drug-likeness (QED) is 0.683. The van der Waals surface area contributed by atoms with Crippen molar-refractivity contribution in [2.24, 2.45) is 0 Å². The zero-order valence-electron chi connectivity index (χ0n) is 12.3. The molecule has 1 N–H and O–H groups in total. The molecule has 0 saturated carbocycles. The van der Waals surface area contributed by atoms with Crippen LogP contribution in [0.3, 0.4) is 0 Å². The second-order valence-electron chi connectivity index (χ2n) is 5.41. The first kappa shape index (κ1) is 15.3. The van der Waals surface area contributed by atoms with Gasteiger partial charge in [-0.25, -0.2) is 0 Å². The lowest BCUT2D eigenvalue weighted by Gasteiger charge is -2.18. The van der Waals surface area contributed by atoms with Crippen LogP contribution in [0.1, 0.15) is 23.2 Å². The maximum atomic E-state index is 12.3. The number of likely N-dealkylation sites (tertiary alicyclic amines) is 1. The third-order valence-corrected chi connectivity index (χ3v) is 4.17. The number of halogens is 1. The minimum Gasteiger partial charge on any atom is -0.357 e. The maximum absolute atomic E-state index is 12.3. The summed E-state index contributed by atoms with van der Waals surface area (Å²) in [7, 11) is 0. The number of ketones is 1. The Morgan fingerprint density at radius 3 is 2.52 bits per heavy atom. The Morgan fingerprint density at radius 1 is 1.26 bits per heavy atom. The number of carbonyl (C=O) groups excluding carboxylic acids is 2. The molecule has 0 atom stereocenters. The minimum absolute atomic E-state index is 0.120. The molecule has 1 aromatic carbocycles. The number of allylic oxidation sites excluding steroid dienone is 1. The third-order valence-electron chi connectivity index (χ3n) is 3.92. The lowest BCUT2D eigenvalue weighted by molar-refractivity contribution is -0.116. The normalized spacial score (nSPS) is 19.2. The summed E-state index contributed by atoms with van der Waals surface area (Å²) < 4.78 is 0. The topological polar surface area (TPSA) is 73.2 Å². The lowest BCUT2D eigenvalue weighted by Crippen LogP contribution is -2.29. The number of benzene rings is 1. The van der Waals surface area contributed by atoms with E-state index in [9.17, 15) is 14.9 Å². The highest BCUT2D eigenvalue weighted by atomic mass is 35.5. The molecule has 0 radical (unpaired) electrons. The van der Waals surface area contributed by atoms with E-state index in [1.807, 2.05) is 4.90 Å². The highest BCUT2D eigenvalue weighted by Gasteiger charge is 2.32. The van der Waals surface area contributed by atoms with Crippen molar-refractivity contribution in [1.29, 1.82) is 5.26 Å². The van der Waals surface area contributed by atoms with Crippen LogP contribution in [0.4, 0.5) is 0 Å². The number of amides is 1. The largest absolute Gasteiger partial charge is 0.357 e. The van der Waals surface area contributed by atoms with E-state index in [1.165, 1.54) is 6.08 Å². The molecule has 1 amide bonds. The molecule has 0 aromatic heterocycles.